The number of esters is 3. The summed E-state index contributed by atoms with van der Waals surface area (Å²) >= 11 is 0. The third-order valence-electron chi connectivity index (χ3n) is 7.75. The van der Waals surface area contributed by atoms with Crippen molar-refractivity contribution in [3.63, 3.8) is 0 Å². The lowest BCUT2D eigenvalue weighted by Crippen LogP contribution is -2.30. The van der Waals surface area contributed by atoms with E-state index in [1.165, 1.54) is 0 Å². The third-order valence-corrected chi connectivity index (χ3v) is 7.75. The molecule has 0 spiro atoms. The Hall–Kier alpha value is -3.93. The van der Waals surface area contributed by atoms with Crippen LogP contribution < -0.4 is 0 Å². The number of carbonyl (C=O) groups is 3. The molecule has 0 aromatic carbocycles. The first-order chi connectivity index (χ1) is 26.0. The summed E-state index contributed by atoms with van der Waals surface area (Å²) in [7, 11) is 0. The van der Waals surface area contributed by atoms with Gasteiger partial charge >= 0.3 is 17.9 Å². The summed E-state index contributed by atoms with van der Waals surface area (Å²) < 4.78 is 16.5. The summed E-state index contributed by atoms with van der Waals surface area (Å²) in [5.41, 5.74) is 0. The lowest BCUT2D eigenvalue weighted by molar-refractivity contribution is -0.167. The zero-order valence-corrected chi connectivity index (χ0v) is 33.5. The minimum Gasteiger partial charge on any atom is -0.462 e. The average Bonchev–Trinajstić information content (AvgIpc) is 3.15. The van der Waals surface area contributed by atoms with Crippen LogP contribution in [-0.4, -0.2) is 37.2 Å². The summed E-state index contributed by atoms with van der Waals surface area (Å²) in [6, 6.07) is 0. The fourth-order valence-electron chi connectivity index (χ4n) is 4.78. The molecule has 1 atom stereocenters. The number of rotatable bonds is 34. The van der Waals surface area contributed by atoms with E-state index >= 15 is 0 Å². The molecule has 0 aliphatic carbocycles. The molecule has 0 aromatic heterocycles. The molecule has 0 amide bonds. The Balaban J connectivity index is 4.61. The molecule has 0 aliphatic rings. The van der Waals surface area contributed by atoms with Crippen molar-refractivity contribution in [1.29, 1.82) is 0 Å². The predicted molar refractivity (Wildman–Crippen MR) is 223 cm³/mol. The highest BCUT2D eigenvalue weighted by Crippen LogP contribution is 2.09. The molecule has 0 saturated heterocycles. The molecule has 0 N–H and O–H groups in total. The largest absolute Gasteiger partial charge is 0.462 e. The number of carbonyl (C=O) groups excluding carboxylic acids is 3. The second-order valence-electron chi connectivity index (χ2n) is 12.7. The standard InChI is InChI=1S/C47H72O6/c1-4-7-10-13-16-19-22-25-28-31-34-37-40-46(49)52-43-44(42-51-45(48)39-36-33-30-27-24-21-18-15-12-9-6-3)53-47(50)41-38-35-32-29-26-23-20-17-14-11-8-5-2/h7-12,16-21,25-30,44H,4-6,13-15,22-24,31-43H2,1-3H3/b10-7-,11-8-,12-9-,19-16-,20-17-,21-18-,28-25-,29-26-,30-27-. The molecule has 0 fully saturated rings. The predicted octanol–water partition coefficient (Wildman–Crippen LogP) is 12.9. The first-order valence-electron chi connectivity index (χ1n) is 20.4. The molecule has 0 aromatic rings. The molecule has 6 nitrogen and oxygen atoms in total. The van der Waals surface area contributed by atoms with Gasteiger partial charge in [-0.1, -0.05) is 130 Å². The van der Waals surface area contributed by atoms with E-state index in [0.717, 1.165) is 89.9 Å². The van der Waals surface area contributed by atoms with Crippen LogP contribution in [0.1, 0.15) is 149 Å². The molecule has 6 heteroatoms. The Labute approximate surface area is 323 Å². The van der Waals surface area contributed by atoms with Gasteiger partial charge in [0.05, 0.1) is 0 Å². The van der Waals surface area contributed by atoms with E-state index < -0.39 is 6.10 Å². The maximum atomic E-state index is 12.6. The van der Waals surface area contributed by atoms with E-state index in [1.807, 2.05) is 0 Å². The number of hydrogen-bond acceptors (Lipinski definition) is 6. The van der Waals surface area contributed by atoms with Crippen LogP contribution in [0.3, 0.4) is 0 Å². The van der Waals surface area contributed by atoms with Crippen LogP contribution in [-0.2, 0) is 28.6 Å². The summed E-state index contributed by atoms with van der Waals surface area (Å²) in [5.74, 6) is -1.08. The zero-order chi connectivity index (χ0) is 38.7. The van der Waals surface area contributed by atoms with Gasteiger partial charge in [0.1, 0.15) is 13.2 Å². The van der Waals surface area contributed by atoms with Crippen LogP contribution in [0, 0.1) is 0 Å². The van der Waals surface area contributed by atoms with Crippen LogP contribution in [0.5, 0.6) is 0 Å². The van der Waals surface area contributed by atoms with Crippen LogP contribution >= 0.6 is 0 Å². The van der Waals surface area contributed by atoms with Gasteiger partial charge in [0.2, 0.25) is 0 Å². The van der Waals surface area contributed by atoms with Gasteiger partial charge in [-0.2, -0.15) is 0 Å². The molecule has 53 heavy (non-hydrogen) atoms. The molecular formula is C47H72O6. The Morgan fingerprint density at radius 2 is 0.679 bits per heavy atom. The molecular weight excluding hydrogens is 661 g/mol. The average molecular weight is 733 g/mol. The van der Waals surface area contributed by atoms with Crippen LogP contribution in [0.15, 0.2) is 109 Å². The topological polar surface area (TPSA) is 78.9 Å². The zero-order valence-electron chi connectivity index (χ0n) is 33.5. The van der Waals surface area contributed by atoms with Gasteiger partial charge in [-0.15, -0.1) is 0 Å². The van der Waals surface area contributed by atoms with E-state index in [1.54, 1.807) is 0 Å². The second-order valence-corrected chi connectivity index (χ2v) is 12.7. The Morgan fingerprint density at radius 1 is 0.377 bits per heavy atom. The van der Waals surface area contributed by atoms with E-state index in [9.17, 15) is 14.4 Å². The lowest BCUT2D eigenvalue weighted by Gasteiger charge is -2.18. The highest BCUT2D eigenvalue weighted by Gasteiger charge is 2.19. The highest BCUT2D eigenvalue weighted by atomic mass is 16.6. The highest BCUT2D eigenvalue weighted by molar-refractivity contribution is 5.71. The van der Waals surface area contributed by atoms with Crippen molar-refractivity contribution in [2.75, 3.05) is 13.2 Å². The van der Waals surface area contributed by atoms with E-state index in [-0.39, 0.29) is 50.4 Å². The third kappa shape index (κ3) is 39.1. The van der Waals surface area contributed by atoms with Crippen LogP contribution in [0.2, 0.25) is 0 Å². The molecule has 0 bridgehead atoms. The first-order valence-corrected chi connectivity index (χ1v) is 20.4. The van der Waals surface area contributed by atoms with E-state index in [0.29, 0.717) is 19.3 Å². The molecule has 0 aliphatic heterocycles. The van der Waals surface area contributed by atoms with Gasteiger partial charge in [-0.05, 0) is 109 Å². The van der Waals surface area contributed by atoms with Crippen molar-refractivity contribution in [3.8, 4) is 0 Å². The van der Waals surface area contributed by atoms with Crippen molar-refractivity contribution in [2.45, 2.75) is 155 Å². The van der Waals surface area contributed by atoms with Crippen LogP contribution in [0.25, 0.3) is 0 Å². The van der Waals surface area contributed by atoms with E-state index in [2.05, 4.69) is 130 Å². The Kier molecular flexibility index (Phi) is 37.8. The maximum Gasteiger partial charge on any atom is 0.306 e. The molecule has 0 rings (SSSR count). The summed E-state index contributed by atoms with van der Waals surface area (Å²) in [6.07, 6.45) is 53.8. The van der Waals surface area contributed by atoms with Crippen molar-refractivity contribution >= 4 is 17.9 Å². The summed E-state index contributed by atoms with van der Waals surface area (Å²) in [4.78, 5) is 37.5. The quantitative estimate of drug-likeness (QED) is 0.0284. The maximum absolute atomic E-state index is 12.6. The van der Waals surface area contributed by atoms with Crippen LogP contribution in [0.4, 0.5) is 0 Å². The second kappa shape index (κ2) is 40.8. The van der Waals surface area contributed by atoms with Crippen molar-refractivity contribution in [3.05, 3.63) is 109 Å². The van der Waals surface area contributed by atoms with Gasteiger partial charge in [0.15, 0.2) is 6.10 Å². The molecule has 1 unspecified atom stereocenters. The van der Waals surface area contributed by atoms with Crippen molar-refractivity contribution in [1.82, 2.24) is 0 Å². The lowest BCUT2D eigenvalue weighted by atomic mass is 10.1. The number of hydrogen-bond donors (Lipinski definition) is 0. The molecule has 0 saturated carbocycles. The minimum absolute atomic E-state index is 0.132. The Bertz CT molecular complexity index is 1160. The van der Waals surface area contributed by atoms with Gasteiger partial charge in [-0.25, -0.2) is 0 Å². The molecule has 0 heterocycles. The Morgan fingerprint density at radius 3 is 1.06 bits per heavy atom. The summed E-state index contributed by atoms with van der Waals surface area (Å²) in [6.45, 7) is 6.11. The SMILES string of the molecule is CC/C=C\C/C=C\C/C=C\CCCCC(=O)OCC(COC(=O)CCC/C=C\C/C=C\C/C=C\CC)OC(=O)CCCC/C=C\C/C=C\C/C=C\CC. The summed E-state index contributed by atoms with van der Waals surface area (Å²) in [5, 5.41) is 0. The number of allylic oxidation sites excluding steroid dienone is 18. The first kappa shape index (κ1) is 49.1. The molecule has 296 valence electrons. The smallest absolute Gasteiger partial charge is 0.306 e. The van der Waals surface area contributed by atoms with Crippen molar-refractivity contribution < 1.29 is 28.6 Å². The van der Waals surface area contributed by atoms with E-state index in [4.69, 9.17) is 14.2 Å². The van der Waals surface area contributed by atoms with Gasteiger partial charge in [0.25, 0.3) is 0 Å². The van der Waals surface area contributed by atoms with Gasteiger partial charge in [-0.3, -0.25) is 14.4 Å². The van der Waals surface area contributed by atoms with Gasteiger partial charge < -0.3 is 14.2 Å². The number of unbranched alkanes of at least 4 members (excludes halogenated alkanes) is 5. The van der Waals surface area contributed by atoms with Gasteiger partial charge in [0, 0.05) is 19.3 Å². The fraction of sp³-hybridized carbons (Fsp3) is 0.553. The monoisotopic (exact) mass is 733 g/mol. The van der Waals surface area contributed by atoms with Crippen molar-refractivity contribution in [2.24, 2.45) is 0 Å². The molecule has 0 radical (unpaired) electrons. The normalized spacial score (nSPS) is 13.2. The minimum atomic E-state index is -0.832. The fourth-order valence-corrected chi connectivity index (χ4v) is 4.78. The number of ether oxygens (including phenoxy) is 3.